The Labute approximate surface area is 238 Å². The van der Waals surface area contributed by atoms with Gasteiger partial charge in [0.25, 0.3) is 0 Å². The minimum atomic E-state index is -1.15. The molecule has 7 atom stereocenters. The number of ether oxygens (including phenoxy) is 1. The van der Waals surface area contributed by atoms with Gasteiger partial charge in [0.05, 0.1) is 30.1 Å². The average Bonchev–Trinajstić information content (AvgIpc) is 3.46. The second-order valence-electron chi connectivity index (χ2n) is 11.9. The second kappa shape index (κ2) is 11.9. The highest BCUT2D eigenvalue weighted by molar-refractivity contribution is 5.99. The molecule has 1 aromatic carbocycles. The van der Waals surface area contributed by atoms with Crippen LogP contribution in [0, 0.1) is 17.8 Å². The predicted molar refractivity (Wildman–Crippen MR) is 154 cm³/mol. The molecule has 3 amide bonds. The maximum absolute atomic E-state index is 14.4. The van der Waals surface area contributed by atoms with Gasteiger partial charge in [-0.25, -0.2) is 0 Å². The molecule has 2 bridgehead atoms. The van der Waals surface area contributed by atoms with Crippen molar-refractivity contribution in [2.45, 2.75) is 76.8 Å². The van der Waals surface area contributed by atoms with Crippen molar-refractivity contribution in [2.24, 2.45) is 17.8 Å². The first kappa shape index (κ1) is 30.0. The van der Waals surface area contributed by atoms with Crippen LogP contribution in [0.3, 0.4) is 0 Å². The van der Waals surface area contributed by atoms with Gasteiger partial charge in [-0.05, 0) is 38.2 Å². The molecule has 3 aliphatic heterocycles. The normalized spacial score (nSPS) is 31.1. The molecule has 1 aromatic rings. The quantitative estimate of drug-likeness (QED) is 0.380. The molecular weight excluding hydrogens is 506 g/mol. The van der Waals surface area contributed by atoms with E-state index in [-0.39, 0.29) is 30.2 Å². The Morgan fingerprint density at radius 1 is 1.18 bits per heavy atom. The molecule has 0 saturated carbocycles. The fourth-order valence-corrected chi connectivity index (χ4v) is 7.25. The molecule has 3 saturated heterocycles. The average molecular weight is 552 g/mol. The summed E-state index contributed by atoms with van der Waals surface area (Å²) in [7, 11) is 0. The van der Waals surface area contributed by atoms with E-state index in [0.717, 1.165) is 18.4 Å². The van der Waals surface area contributed by atoms with Crippen LogP contribution in [0.1, 0.15) is 52.5 Å². The SMILES string of the molecule is C=CCN(CCCC)C(=O)C1N([C@H](C)CO)C(=O)[C@@H]2[C@H](C(=O)N(CC=C)Cc3ccccc3)[C@@]3(C)OC12CC3C. The molecule has 8 nitrogen and oxygen atoms in total. The first-order valence-corrected chi connectivity index (χ1v) is 14.6. The van der Waals surface area contributed by atoms with Gasteiger partial charge >= 0.3 is 0 Å². The number of unbranched alkanes of at least 4 members (excludes halogenated alkanes) is 1. The van der Waals surface area contributed by atoms with E-state index in [2.05, 4.69) is 20.1 Å². The Bertz CT molecular complexity index is 1120. The molecule has 3 unspecified atom stereocenters. The number of rotatable bonds is 13. The Balaban J connectivity index is 1.78. The van der Waals surface area contributed by atoms with E-state index in [9.17, 15) is 19.5 Å². The number of hydrogen-bond donors (Lipinski definition) is 1. The molecule has 1 spiro atoms. The molecule has 0 radical (unpaired) electrons. The van der Waals surface area contributed by atoms with Gasteiger partial charge in [-0.15, -0.1) is 13.2 Å². The summed E-state index contributed by atoms with van der Waals surface area (Å²) in [6.45, 7) is 16.8. The molecular formula is C32H45N3O5. The van der Waals surface area contributed by atoms with Crippen LogP contribution >= 0.6 is 0 Å². The van der Waals surface area contributed by atoms with Crippen molar-refractivity contribution in [2.75, 3.05) is 26.2 Å². The van der Waals surface area contributed by atoms with Crippen LogP contribution in [0.25, 0.3) is 0 Å². The lowest BCUT2D eigenvalue weighted by atomic mass is 9.62. The minimum absolute atomic E-state index is 0.0593. The van der Waals surface area contributed by atoms with Crippen LogP contribution in [0.5, 0.6) is 0 Å². The summed E-state index contributed by atoms with van der Waals surface area (Å²) in [6.07, 6.45) is 5.61. The number of aliphatic hydroxyl groups excluding tert-OH is 1. The van der Waals surface area contributed by atoms with Gasteiger partial charge in [-0.1, -0.05) is 62.8 Å². The molecule has 1 N–H and O–H groups in total. The number of hydrogen-bond acceptors (Lipinski definition) is 5. The van der Waals surface area contributed by atoms with Gasteiger partial charge in [0.15, 0.2) is 0 Å². The van der Waals surface area contributed by atoms with Gasteiger partial charge in [-0.3, -0.25) is 14.4 Å². The fourth-order valence-electron chi connectivity index (χ4n) is 7.25. The number of carbonyl (C=O) groups is 3. The van der Waals surface area contributed by atoms with E-state index < -0.39 is 35.1 Å². The summed E-state index contributed by atoms with van der Waals surface area (Å²) in [5, 5.41) is 10.2. The molecule has 3 aliphatic rings. The van der Waals surface area contributed by atoms with Gasteiger partial charge in [0.2, 0.25) is 17.7 Å². The van der Waals surface area contributed by atoms with Crippen LogP contribution in [0.15, 0.2) is 55.6 Å². The lowest BCUT2D eigenvalue weighted by molar-refractivity contribution is -0.157. The van der Waals surface area contributed by atoms with Crippen molar-refractivity contribution in [1.29, 1.82) is 0 Å². The standard InChI is InChI=1S/C32H45N3O5/c1-7-10-18-33(16-8-2)30(39)27-32-19-22(4)31(6,40-32)25(26(32)29(38)35(27)23(5)21-36)28(37)34(17-9-3)20-24-14-12-11-13-15-24/h8-9,11-15,22-23,25-27,36H,2-3,7,10,16-21H2,1,4-6H3/t22?,23-,25-,26+,27?,31+,32?/m1/s1. The van der Waals surface area contributed by atoms with E-state index in [1.165, 1.54) is 4.90 Å². The highest BCUT2D eigenvalue weighted by Gasteiger charge is 2.80. The van der Waals surface area contributed by atoms with Gasteiger partial charge in [0.1, 0.15) is 11.6 Å². The van der Waals surface area contributed by atoms with E-state index in [0.29, 0.717) is 32.6 Å². The first-order valence-electron chi connectivity index (χ1n) is 14.6. The summed E-state index contributed by atoms with van der Waals surface area (Å²) in [5.74, 6) is -2.30. The van der Waals surface area contributed by atoms with E-state index >= 15 is 0 Å². The smallest absolute Gasteiger partial charge is 0.248 e. The molecule has 218 valence electrons. The third-order valence-corrected chi connectivity index (χ3v) is 9.31. The zero-order valence-corrected chi connectivity index (χ0v) is 24.4. The molecule has 4 rings (SSSR count). The Morgan fingerprint density at radius 2 is 1.82 bits per heavy atom. The maximum atomic E-state index is 14.4. The first-order chi connectivity index (χ1) is 19.1. The highest BCUT2D eigenvalue weighted by atomic mass is 16.5. The summed E-state index contributed by atoms with van der Waals surface area (Å²) in [6, 6.07) is 8.21. The number of aliphatic hydroxyl groups is 1. The van der Waals surface area contributed by atoms with Crippen molar-refractivity contribution in [3.63, 3.8) is 0 Å². The molecule has 0 aromatic heterocycles. The van der Waals surface area contributed by atoms with Gasteiger partial charge < -0.3 is 24.5 Å². The third-order valence-electron chi connectivity index (χ3n) is 9.31. The largest absolute Gasteiger partial charge is 0.394 e. The second-order valence-corrected chi connectivity index (χ2v) is 11.9. The topological polar surface area (TPSA) is 90.4 Å². The summed E-state index contributed by atoms with van der Waals surface area (Å²) in [4.78, 5) is 48.1. The van der Waals surface area contributed by atoms with Crippen LogP contribution < -0.4 is 0 Å². The minimum Gasteiger partial charge on any atom is -0.394 e. The number of nitrogens with zero attached hydrogens (tertiary/aromatic N) is 3. The highest BCUT2D eigenvalue weighted by Crippen LogP contribution is 2.65. The van der Waals surface area contributed by atoms with Crippen molar-refractivity contribution >= 4 is 17.7 Å². The van der Waals surface area contributed by atoms with E-state index in [1.54, 1.807) is 28.9 Å². The summed E-state index contributed by atoms with van der Waals surface area (Å²) in [5.41, 5.74) is -1.08. The third kappa shape index (κ3) is 4.79. The maximum Gasteiger partial charge on any atom is 0.248 e. The van der Waals surface area contributed by atoms with Crippen molar-refractivity contribution < 1.29 is 24.2 Å². The van der Waals surface area contributed by atoms with E-state index in [1.807, 2.05) is 44.2 Å². The monoisotopic (exact) mass is 551 g/mol. The van der Waals surface area contributed by atoms with Crippen molar-refractivity contribution in [3.05, 3.63) is 61.2 Å². The Morgan fingerprint density at radius 3 is 2.42 bits per heavy atom. The zero-order chi connectivity index (χ0) is 29.2. The fraction of sp³-hybridized carbons (Fsp3) is 0.594. The lowest BCUT2D eigenvalue weighted by Gasteiger charge is -2.39. The molecule has 3 heterocycles. The number of carbonyl (C=O) groups excluding carboxylic acids is 3. The van der Waals surface area contributed by atoms with Gasteiger partial charge in [-0.2, -0.15) is 0 Å². The Hall–Kier alpha value is -2.97. The predicted octanol–water partition coefficient (Wildman–Crippen LogP) is 3.41. The van der Waals surface area contributed by atoms with Crippen LogP contribution in [0.2, 0.25) is 0 Å². The van der Waals surface area contributed by atoms with E-state index in [4.69, 9.17) is 4.74 Å². The Kier molecular flexibility index (Phi) is 8.90. The number of likely N-dealkylation sites (tertiary alicyclic amines) is 1. The molecule has 0 aliphatic carbocycles. The number of amides is 3. The zero-order valence-electron chi connectivity index (χ0n) is 24.4. The van der Waals surface area contributed by atoms with Crippen LogP contribution in [-0.2, 0) is 25.7 Å². The van der Waals surface area contributed by atoms with Crippen LogP contribution in [0.4, 0.5) is 0 Å². The summed E-state index contributed by atoms with van der Waals surface area (Å²) >= 11 is 0. The van der Waals surface area contributed by atoms with Crippen LogP contribution in [-0.4, -0.2) is 87.1 Å². The van der Waals surface area contributed by atoms with Crippen molar-refractivity contribution in [3.8, 4) is 0 Å². The van der Waals surface area contributed by atoms with Gasteiger partial charge in [0, 0.05) is 26.2 Å². The molecule has 40 heavy (non-hydrogen) atoms. The van der Waals surface area contributed by atoms with Crippen molar-refractivity contribution in [1.82, 2.24) is 14.7 Å². The summed E-state index contributed by atoms with van der Waals surface area (Å²) < 4.78 is 6.87. The molecule has 8 heteroatoms. The lowest BCUT2D eigenvalue weighted by Crippen LogP contribution is -2.58. The molecule has 3 fully saturated rings. The number of fused-ring (bicyclic) bond motifs is 1. The number of benzene rings is 1.